The van der Waals surface area contributed by atoms with E-state index in [1.165, 1.54) is 25.2 Å². The van der Waals surface area contributed by atoms with E-state index < -0.39 is 5.82 Å². The molecule has 0 unspecified atom stereocenters. The normalized spacial score (nSPS) is 10.2. The van der Waals surface area contributed by atoms with Crippen LogP contribution in [0.5, 0.6) is 11.5 Å². The summed E-state index contributed by atoms with van der Waals surface area (Å²) in [6.07, 6.45) is 0. The summed E-state index contributed by atoms with van der Waals surface area (Å²) in [5.41, 5.74) is 6.46. The number of amides is 1. The van der Waals surface area contributed by atoms with Crippen molar-refractivity contribution < 1.29 is 13.9 Å². The second-order valence-corrected chi connectivity index (χ2v) is 4.96. The van der Waals surface area contributed by atoms with Crippen molar-refractivity contribution in [2.24, 2.45) is 0 Å². The van der Waals surface area contributed by atoms with Crippen LogP contribution in [0.4, 0.5) is 10.1 Å². The van der Waals surface area contributed by atoms with Crippen LogP contribution in [0, 0.1) is 5.82 Å². The quantitative estimate of drug-likeness (QED) is 0.843. The number of nitrogens with one attached hydrogen (secondary N) is 1. The molecule has 0 saturated heterocycles. The Morgan fingerprint density at radius 2 is 2.05 bits per heavy atom. The third-order valence-electron chi connectivity index (χ3n) is 2.54. The van der Waals surface area contributed by atoms with Crippen molar-refractivity contribution >= 4 is 27.5 Å². The van der Waals surface area contributed by atoms with Crippen molar-refractivity contribution in [3.8, 4) is 11.5 Å². The van der Waals surface area contributed by atoms with Gasteiger partial charge < -0.3 is 15.8 Å². The first kappa shape index (κ1) is 14.3. The van der Waals surface area contributed by atoms with Gasteiger partial charge in [0.25, 0.3) is 5.91 Å². The van der Waals surface area contributed by atoms with Gasteiger partial charge in [-0.2, -0.15) is 0 Å². The van der Waals surface area contributed by atoms with Crippen LogP contribution < -0.4 is 15.8 Å². The Morgan fingerprint density at radius 1 is 1.30 bits per heavy atom. The van der Waals surface area contributed by atoms with Crippen molar-refractivity contribution in [3.05, 3.63) is 52.3 Å². The summed E-state index contributed by atoms with van der Waals surface area (Å²) in [6, 6.07) is 8.80. The number of hydrogen-bond donors (Lipinski definition) is 2. The van der Waals surface area contributed by atoms with Crippen molar-refractivity contribution in [2.45, 2.75) is 0 Å². The highest BCUT2D eigenvalue weighted by atomic mass is 79.9. The molecule has 0 spiro atoms. The maximum absolute atomic E-state index is 13.3. The van der Waals surface area contributed by atoms with Crippen LogP contribution in [0.2, 0.25) is 0 Å². The first-order valence-corrected chi connectivity index (χ1v) is 6.54. The third-order valence-corrected chi connectivity index (χ3v) is 3.00. The molecule has 0 aliphatic heterocycles. The van der Waals surface area contributed by atoms with E-state index >= 15 is 0 Å². The molecule has 2 aromatic carbocycles. The van der Waals surface area contributed by atoms with Crippen LogP contribution in [0.25, 0.3) is 0 Å². The van der Waals surface area contributed by atoms with Crippen LogP contribution in [-0.2, 0) is 0 Å². The Morgan fingerprint density at radius 3 is 2.70 bits per heavy atom. The highest BCUT2D eigenvalue weighted by Crippen LogP contribution is 2.30. The van der Waals surface area contributed by atoms with E-state index in [9.17, 15) is 9.18 Å². The topological polar surface area (TPSA) is 64.4 Å². The summed E-state index contributed by atoms with van der Waals surface area (Å²) < 4.78 is 19.4. The van der Waals surface area contributed by atoms with Gasteiger partial charge in [-0.3, -0.25) is 4.79 Å². The molecule has 2 rings (SSSR count). The van der Waals surface area contributed by atoms with Crippen LogP contribution in [0.1, 0.15) is 10.4 Å². The molecule has 0 heterocycles. The van der Waals surface area contributed by atoms with E-state index in [1.807, 2.05) is 0 Å². The first-order chi connectivity index (χ1) is 9.49. The number of carbonyl (C=O) groups is 1. The molecular weight excluding hydrogens is 327 g/mol. The summed E-state index contributed by atoms with van der Waals surface area (Å²) in [7, 11) is 1.52. The highest BCUT2D eigenvalue weighted by Gasteiger charge is 2.13. The predicted molar refractivity (Wildman–Crippen MR) is 78.4 cm³/mol. The van der Waals surface area contributed by atoms with Crippen LogP contribution in [-0.4, -0.2) is 13.0 Å². The van der Waals surface area contributed by atoms with E-state index in [-0.39, 0.29) is 17.4 Å². The molecule has 0 radical (unpaired) electrons. The zero-order chi connectivity index (χ0) is 14.7. The fourth-order valence-corrected chi connectivity index (χ4v) is 2.10. The van der Waals surface area contributed by atoms with E-state index in [0.717, 1.165) is 0 Å². The zero-order valence-corrected chi connectivity index (χ0v) is 12.2. The largest absolute Gasteiger partial charge is 0.456 e. The van der Waals surface area contributed by atoms with Crippen molar-refractivity contribution in [1.82, 2.24) is 5.32 Å². The van der Waals surface area contributed by atoms with E-state index in [2.05, 4.69) is 21.2 Å². The Hall–Kier alpha value is -2.08. The van der Waals surface area contributed by atoms with Crippen LogP contribution >= 0.6 is 15.9 Å². The van der Waals surface area contributed by atoms with Gasteiger partial charge in [-0.1, -0.05) is 15.9 Å². The smallest absolute Gasteiger partial charge is 0.254 e. The van der Waals surface area contributed by atoms with Gasteiger partial charge >= 0.3 is 0 Å². The molecule has 0 aromatic heterocycles. The van der Waals surface area contributed by atoms with Gasteiger partial charge in [0.15, 0.2) is 0 Å². The lowest BCUT2D eigenvalue weighted by atomic mass is 10.1. The van der Waals surface area contributed by atoms with Crippen molar-refractivity contribution in [2.75, 3.05) is 12.8 Å². The summed E-state index contributed by atoms with van der Waals surface area (Å²) in [5, 5.41) is 2.51. The van der Waals surface area contributed by atoms with Gasteiger partial charge in [-0.15, -0.1) is 0 Å². The molecule has 4 nitrogen and oxygen atoms in total. The lowest BCUT2D eigenvalue weighted by molar-refractivity contribution is 0.0961. The molecule has 2 aromatic rings. The Bertz CT molecular complexity index is 641. The Balaban J connectivity index is 2.41. The molecule has 0 bridgehead atoms. The van der Waals surface area contributed by atoms with Crippen LogP contribution in [0.3, 0.4) is 0 Å². The first-order valence-electron chi connectivity index (χ1n) is 5.75. The van der Waals surface area contributed by atoms with Crippen LogP contribution in [0.15, 0.2) is 40.9 Å². The van der Waals surface area contributed by atoms with Gasteiger partial charge in [0.05, 0.1) is 5.56 Å². The number of ether oxygens (including phenoxy) is 1. The number of nitrogens with two attached hydrogens (primary N) is 1. The number of hydrogen-bond acceptors (Lipinski definition) is 3. The average Bonchev–Trinajstić information content (AvgIpc) is 2.37. The highest BCUT2D eigenvalue weighted by molar-refractivity contribution is 9.10. The molecule has 0 atom stereocenters. The van der Waals surface area contributed by atoms with Gasteiger partial charge in [0, 0.05) is 29.3 Å². The third kappa shape index (κ3) is 3.27. The summed E-state index contributed by atoms with van der Waals surface area (Å²) in [6.45, 7) is 0. The average molecular weight is 339 g/mol. The van der Waals surface area contributed by atoms with Gasteiger partial charge in [-0.25, -0.2) is 4.39 Å². The standard InChI is InChI=1S/C14H12BrFN2O2/c1-18-14(19)12-3-2-10(17)7-13(12)20-11-5-8(15)4-9(16)6-11/h2-7H,17H2,1H3,(H,18,19). The molecule has 104 valence electrons. The van der Waals surface area contributed by atoms with Crippen molar-refractivity contribution in [1.29, 1.82) is 0 Å². The minimum Gasteiger partial charge on any atom is -0.456 e. The molecule has 3 N–H and O–H groups in total. The molecule has 0 fully saturated rings. The summed E-state index contributed by atoms with van der Waals surface area (Å²) in [4.78, 5) is 11.8. The molecular formula is C14H12BrFN2O2. The fourth-order valence-electron chi connectivity index (χ4n) is 1.66. The fraction of sp³-hybridized carbons (Fsp3) is 0.0714. The Kier molecular flexibility index (Phi) is 4.24. The second-order valence-electron chi connectivity index (χ2n) is 4.04. The lowest BCUT2D eigenvalue weighted by Crippen LogP contribution is -2.18. The summed E-state index contributed by atoms with van der Waals surface area (Å²) >= 11 is 3.18. The number of nitrogen functional groups attached to an aromatic ring is 1. The second kappa shape index (κ2) is 5.92. The van der Waals surface area contributed by atoms with E-state index in [4.69, 9.17) is 10.5 Å². The number of benzene rings is 2. The maximum Gasteiger partial charge on any atom is 0.254 e. The minimum absolute atomic E-state index is 0.266. The molecule has 0 aliphatic carbocycles. The molecule has 1 amide bonds. The van der Waals surface area contributed by atoms with Gasteiger partial charge in [0.1, 0.15) is 17.3 Å². The SMILES string of the molecule is CNC(=O)c1ccc(N)cc1Oc1cc(F)cc(Br)c1. The molecule has 20 heavy (non-hydrogen) atoms. The van der Waals surface area contributed by atoms with E-state index in [0.29, 0.717) is 15.7 Å². The number of rotatable bonds is 3. The van der Waals surface area contributed by atoms with Crippen molar-refractivity contribution in [3.63, 3.8) is 0 Å². The Labute approximate surface area is 123 Å². The number of anilines is 1. The monoisotopic (exact) mass is 338 g/mol. The minimum atomic E-state index is -0.445. The maximum atomic E-state index is 13.3. The lowest BCUT2D eigenvalue weighted by Gasteiger charge is -2.11. The predicted octanol–water partition coefficient (Wildman–Crippen LogP) is 3.32. The van der Waals surface area contributed by atoms with E-state index in [1.54, 1.807) is 18.2 Å². The molecule has 0 saturated carbocycles. The van der Waals surface area contributed by atoms with Gasteiger partial charge in [0.2, 0.25) is 0 Å². The van der Waals surface area contributed by atoms with Gasteiger partial charge in [-0.05, 0) is 24.3 Å². The molecule has 0 aliphatic rings. The number of halogens is 2. The zero-order valence-electron chi connectivity index (χ0n) is 10.6. The summed E-state index contributed by atoms with van der Waals surface area (Å²) in [5.74, 6) is -0.218. The molecule has 6 heteroatoms. The number of carbonyl (C=O) groups excluding carboxylic acids is 1.